The van der Waals surface area contributed by atoms with Gasteiger partial charge in [-0.15, -0.1) is 0 Å². The molecule has 1 atom stereocenters. The van der Waals surface area contributed by atoms with Crippen molar-refractivity contribution in [2.45, 2.75) is 29.7 Å². The van der Waals surface area contributed by atoms with E-state index in [2.05, 4.69) is 5.32 Å². The third-order valence-electron chi connectivity index (χ3n) is 7.01. The summed E-state index contributed by atoms with van der Waals surface area (Å²) < 4.78 is 24.3. The summed E-state index contributed by atoms with van der Waals surface area (Å²) in [4.78, 5) is 29.6. The molecule has 0 radical (unpaired) electrons. The predicted molar refractivity (Wildman–Crippen MR) is 155 cm³/mol. The molecule has 7 nitrogen and oxygen atoms in total. The highest BCUT2D eigenvalue weighted by atomic mass is 32.2. The topological polar surface area (TPSA) is 84.9 Å². The van der Waals surface area contributed by atoms with Crippen LogP contribution >= 0.6 is 0 Å². The first-order chi connectivity index (χ1) is 19.4. The molecule has 4 aromatic carbocycles. The van der Waals surface area contributed by atoms with Gasteiger partial charge in [-0.25, -0.2) is 4.21 Å². The smallest absolute Gasteiger partial charge is 0.259 e. The number of methoxy groups -OCH3 is 2. The van der Waals surface area contributed by atoms with Gasteiger partial charge < -0.3 is 19.7 Å². The Morgan fingerprint density at radius 1 is 0.875 bits per heavy atom. The van der Waals surface area contributed by atoms with Gasteiger partial charge in [0.15, 0.2) is 11.5 Å². The van der Waals surface area contributed by atoms with E-state index in [0.717, 1.165) is 16.7 Å². The average Bonchev–Trinajstić information content (AvgIpc) is 3.07. The molecule has 0 saturated heterocycles. The van der Waals surface area contributed by atoms with E-state index in [9.17, 15) is 13.8 Å². The largest absolute Gasteiger partial charge is 0.493 e. The number of hydrogen-bond acceptors (Lipinski definition) is 5. The minimum absolute atomic E-state index is 0.253. The fourth-order valence-corrected chi connectivity index (χ4v) is 6.12. The summed E-state index contributed by atoms with van der Waals surface area (Å²) in [6.07, 6.45) is 0.592. The zero-order valence-electron chi connectivity index (χ0n) is 22.6. The first-order valence-corrected chi connectivity index (χ1v) is 14.1. The van der Waals surface area contributed by atoms with Crippen molar-refractivity contribution in [2.75, 3.05) is 25.7 Å². The van der Waals surface area contributed by atoms with E-state index < -0.39 is 10.8 Å². The number of carbonyl (C=O) groups excluding carboxylic acids is 2. The van der Waals surface area contributed by atoms with Crippen LogP contribution in [-0.4, -0.2) is 36.8 Å². The Morgan fingerprint density at radius 2 is 1.62 bits per heavy atom. The van der Waals surface area contributed by atoms with Crippen LogP contribution in [0.2, 0.25) is 0 Å². The summed E-state index contributed by atoms with van der Waals surface area (Å²) in [6, 6.07) is 25.5. The van der Waals surface area contributed by atoms with Crippen molar-refractivity contribution in [1.29, 1.82) is 0 Å². The first-order valence-electron chi connectivity index (χ1n) is 12.9. The fourth-order valence-electron chi connectivity index (χ4n) is 4.78. The highest BCUT2D eigenvalue weighted by molar-refractivity contribution is 7.85. The lowest BCUT2D eigenvalue weighted by atomic mass is 10.1. The molecule has 4 aromatic rings. The maximum Gasteiger partial charge on any atom is 0.259 e. The van der Waals surface area contributed by atoms with Crippen LogP contribution < -0.4 is 19.7 Å². The van der Waals surface area contributed by atoms with Crippen LogP contribution in [0.15, 0.2) is 94.7 Å². The molecule has 0 spiro atoms. The van der Waals surface area contributed by atoms with E-state index in [-0.39, 0.29) is 18.4 Å². The van der Waals surface area contributed by atoms with Crippen molar-refractivity contribution in [3.8, 4) is 11.5 Å². The predicted octanol–water partition coefficient (Wildman–Crippen LogP) is 5.31. The summed E-state index contributed by atoms with van der Waals surface area (Å²) in [5, 5.41) is 2.96. The molecule has 1 unspecified atom stereocenters. The van der Waals surface area contributed by atoms with E-state index in [4.69, 9.17) is 9.47 Å². The molecule has 0 fully saturated rings. The van der Waals surface area contributed by atoms with E-state index in [0.29, 0.717) is 51.1 Å². The fraction of sp³-hybridized carbons (Fsp3) is 0.188. The number of anilines is 1. The van der Waals surface area contributed by atoms with Crippen LogP contribution in [0.4, 0.5) is 5.69 Å². The van der Waals surface area contributed by atoms with Crippen molar-refractivity contribution < 1.29 is 23.3 Å². The molecular weight excluding hydrogens is 524 g/mol. The van der Waals surface area contributed by atoms with Gasteiger partial charge >= 0.3 is 0 Å². The van der Waals surface area contributed by atoms with Crippen LogP contribution in [0.5, 0.6) is 11.5 Å². The minimum atomic E-state index is -1.59. The van der Waals surface area contributed by atoms with Gasteiger partial charge in [0.1, 0.15) is 0 Å². The van der Waals surface area contributed by atoms with Crippen LogP contribution in [0.1, 0.15) is 37.4 Å². The number of ether oxygens (including phenoxy) is 2. The van der Waals surface area contributed by atoms with Gasteiger partial charge in [-0.3, -0.25) is 9.59 Å². The molecular formula is C32H30N2O5S. The Labute approximate surface area is 236 Å². The van der Waals surface area contributed by atoms with Gasteiger partial charge in [-0.2, -0.15) is 0 Å². The van der Waals surface area contributed by atoms with E-state index in [1.165, 1.54) is 0 Å². The molecule has 0 aliphatic carbocycles. The summed E-state index contributed by atoms with van der Waals surface area (Å²) in [6.45, 7) is 2.68. The van der Waals surface area contributed by atoms with Gasteiger partial charge in [-0.05, 0) is 72.5 Å². The Bertz CT molecular complexity index is 1620. The molecule has 0 bridgehead atoms. The van der Waals surface area contributed by atoms with Crippen molar-refractivity contribution in [3.63, 3.8) is 0 Å². The molecule has 0 aromatic heterocycles. The summed E-state index contributed by atoms with van der Waals surface area (Å²) in [5.41, 5.74) is 4.25. The van der Waals surface area contributed by atoms with Gasteiger partial charge in [0.05, 0.1) is 52.6 Å². The molecule has 1 aliphatic heterocycles. The lowest BCUT2D eigenvalue weighted by Gasteiger charge is -2.24. The van der Waals surface area contributed by atoms with Gasteiger partial charge in [0.25, 0.3) is 11.8 Å². The summed E-state index contributed by atoms with van der Waals surface area (Å²) in [7, 11) is 1.58. The number of carbonyl (C=O) groups is 2. The molecule has 1 aliphatic rings. The Morgan fingerprint density at radius 3 is 2.40 bits per heavy atom. The highest BCUT2D eigenvalue weighted by Crippen LogP contribution is 2.36. The van der Waals surface area contributed by atoms with Crippen LogP contribution in [0, 0.1) is 6.92 Å². The second-order valence-corrected chi connectivity index (χ2v) is 10.9. The lowest BCUT2D eigenvalue weighted by Crippen LogP contribution is -2.31. The Balaban J connectivity index is 1.43. The third kappa shape index (κ3) is 5.35. The second kappa shape index (κ2) is 11.8. The number of aryl methyl sites for hydroxylation is 1. The van der Waals surface area contributed by atoms with Crippen molar-refractivity contribution in [2.24, 2.45) is 0 Å². The highest BCUT2D eigenvalue weighted by Gasteiger charge is 2.31. The van der Waals surface area contributed by atoms with Crippen molar-refractivity contribution in [3.05, 3.63) is 113 Å². The first kappa shape index (κ1) is 27.1. The van der Waals surface area contributed by atoms with E-state index in [1.54, 1.807) is 61.6 Å². The molecule has 5 rings (SSSR count). The van der Waals surface area contributed by atoms with Crippen LogP contribution in [0.3, 0.4) is 0 Å². The van der Waals surface area contributed by atoms with Gasteiger partial charge in [0.2, 0.25) is 0 Å². The SMILES string of the molecule is COc1ccc(CCNC(=O)c2ccc3c(c2)N(Cc2ccccc2C)C(=O)c2ccccc2S3=O)cc1OC. The number of nitrogens with zero attached hydrogens (tertiary/aromatic N) is 1. The zero-order chi connectivity index (χ0) is 28.2. The number of rotatable bonds is 8. The number of amides is 2. The molecule has 8 heteroatoms. The normalized spacial score (nSPS) is 14.1. The maximum atomic E-state index is 13.8. The van der Waals surface area contributed by atoms with Gasteiger partial charge in [0, 0.05) is 12.1 Å². The summed E-state index contributed by atoms with van der Waals surface area (Å²) >= 11 is 0. The van der Waals surface area contributed by atoms with E-state index in [1.807, 2.05) is 49.4 Å². The van der Waals surface area contributed by atoms with Gasteiger partial charge in [-0.1, -0.05) is 42.5 Å². The quantitative estimate of drug-likeness (QED) is 0.319. The zero-order valence-corrected chi connectivity index (χ0v) is 23.4. The molecule has 204 valence electrons. The average molecular weight is 555 g/mol. The monoisotopic (exact) mass is 554 g/mol. The van der Waals surface area contributed by atoms with Crippen LogP contribution in [-0.2, 0) is 23.8 Å². The second-order valence-electron chi connectivity index (χ2n) is 9.46. The number of hydrogen-bond donors (Lipinski definition) is 1. The number of fused-ring (bicyclic) bond motifs is 2. The Kier molecular flexibility index (Phi) is 7.98. The molecule has 1 N–H and O–H groups in total. The molecule has 2 amide bonds. The molecule has 1 heterocycles. The standard InChI is InChI=1S/C32H30N2O5S/c1-21-8-4-5-9-24(21)20-34-26-19-23(13-15-30(26)40(37)29-11-7-6-10-25(29)32(34)36)31(35)33-17-16-22-12-14-27(38-2)28(18-22)39-3/h4-15,18-19H,16-17,20H2,1-3H3,(H,33,35). The summed E-state index contributed by atoms with van der Waals surface area (Å²) in [5.74, 6) is 0.741. The lowest BCUT2D eigenvalue weighted by molar-refractivity contribution is 0.0950. The van der Waals surface area contributed by atoms with Crippen LogP contribution in [0.25, 0.3) is 0 Å². The minimum Gasteiger partial charge on any atom is -0.493 e. The molecule has 0 saturated carbocycles. The number of benzene rings is 4. The van der Waals surface area contributed by atoms with Crippen molar-refractivity contribution in [1.82, 2.24) is 5.32 Å². The third-order valence-corrected chi connectivity index (χ3v) is 8.51. The van der Waals surface area contributed by atoms with E-state index >= 15 is 0 Å². The maximum absolute atomic E-state index is 13.8. The molecule has 40 heavy (non-hydrogen) atoms. The van der Waals surface area contributed by atoms with Crippen molar-refractivity contribution >= 4 is 28.3 Å². The number of nitrogens with one attached hydrogen (secondary N) is 1. The Hall–Kier alpha value is -4.43.